The first-order valence-electron chi connectivity index (χ1n) is 9.60. The molecule has 0 radical (unpaired) electrons. The van der Waals surface area contributed by atoms with Gasteiger partial charge < -0.3 is 19.3 Å². The maximum atomic E-state index is 12.9. The number of rotatable bonds is 7. The van der Waals surface area contributed by atoms with Crippen molar-refractivity contribution in [3.63, 3.8) is 0 Å². The summed E-state index contributed by atoms with van der Waals surface area (Å²) in [6, 6.07) is 14.5. The number of carbonyl (C=O) groups is 1. The van der Waals surface area contributed by atoms with Crippen molar-refractivity contribution in [2.45, 2.75) is 0 Å². The van der Waals surface area contributed by atoms with Crippen LogP contribution in [0.5, 0.6) is 11.5 Å². The summed E-state index contributed by atoms with van der Waals surface area (Å²) in [4.78, 5) is 16.8. The number of sulfonamides is 1. The smallest absolute Gasteiger partial charge is 0.243 e. The average Bonchev–Trinajstić information content (AvgIpc) is 2.76. The molecule has 3 rings (SSSR count). The number of carbonyl (C=O) groups excluding carboxylic acids is 1. The molecule has 30 heavy (non-hydrogen) atoms. The van der Waals surface area contributed by atoms with Crippen molar-refractivity contribution in [1.82, 2.24) is 4.90 Å². The molecule has 1 amide bonds. The molecule has 1 saturated heterocycles. The van der Waals surface area contributed by atoms with Gasteiger partial charge in [-0.1, -0.05) is 6.07 Å². The SMILES string of the molecule is COc1ccc(N2CCN(C(=O)CN(c3cccc(OC)c3)S(C)(=O)=O)CC2)cc1. The Morgan fingerprint density at radius 3 is 2.17 bits per heavy atom. The van der Waals surface area contributed by atoms with Crippen molar-refractivity contribution in [3.8, 4) is 11.5 Å². The highest BCUT2D eigenvalue weighted by Gasteiger charge is 2.27. The highest BCUT2D eigenvalue weighted by atomic mass is 32.2. The predicted molar refractivity (Wildman–Crippen MR) is 117 cm³/mol. The molecule has 0 atom stereocenters. The van der Waals surface area contributed by atoms with Crippen LogP contribution in [0.2, 0.25) is 0 Å². The summed E-state index contributed by atoms with van der Waals surface area (Å²) >= 11 is 0. The summed E-state index contributed by atoms with van der Waals surface area (Å²) in [5.41, 5.74) is 1.47. The largest absolute Gasteiger partial charge is 0.497 e. The lowest BCUT2D eigenvalue weighted by Crippen LogP contribution is -2.52. The van der Waals surface area contributed by atoms with Crippen molar-refractivity contribution < 1.29 is 22.7 Å². The molecule has 162 valence electrons. The quantitative estimate of drug-likeness (QED) is 0.663. The molecule has 0 saturated carbocycles. The number of nitrogens with zero attached hydrogens (tertiary/aromatic N) is 3. The van der Waals surface area contributed by atoms with Crippen LogP contribution in [0.15, 0.2) is 48.5 Å². The zero-order valence-electron chi connectivity index (χ0n) is 17.4. The van der Waals surface area contributed by atoms with E-state index in [2.05, 4.69) is 4.90 Å². The summed E-state index contributed by atoms with van der Waals surface area (Å²) in [5, 5.41) is 0. The van der Waals surface area contributed by atoms with E-state index in [-0.39, 0.29) is 12.5 Å². The number of anilines is 2. The minimum absolute atomic E-state index is 0.224. The number of piperazine rings is 1. The lowest BCUT2D eigenvalue weighted by molar-refractivity contribution is -0.129. The molecule has 8 nitrogen and oxygen atoms in total. The summed E-state index contributed by atoms with van der Waals surface area (Å²) < 4.78 is 36.2. The van der Waals surface area contributed by atoms with Gasteiger partial charge in [-0.05, 0) is 36.4 Å². The van der Waals surface area contributed by atoms with Gasteiger partial charge in [0.15, 0.2) is 0 Å². The van der Waals surface area contributed by atoms with Crippen LogP contribution in [-0.2, 0) is 14.8 Å². The first-order chi connectivity index (χ1) is 14.3. The van der Waals surface area contributed by atoms with Crippen molar-refractivity contribution in [1.29, 1.82) is 0 Å². The van der Waals surface area contributed by atoms with E-state index in [0.717, 1.165) is 22.0 Å². The van der Waals surface area contributed by atoms with Gasteiger partial charge in [0.25, 0.3) is 0 Å². The maximum Gasteiger partial charge on any atom is 0.243 e. The van der Waals surface area contributed by atoms with Gasteiger partial charge in [-0.25, -0.2) is 8.42 Å². The normalized spacial score (nSPS) is 14.4. The van der Waals surface area contributed by atoms with E-state index >= 15 is 0 Å². The Balaban J connectivity index is 1.65. The van der Waals surface area contributed by atoms with E-state index in [4.69, 9.17) is 9.47 Å². The number of benzene rings is 2. The van der Waals surface area contributed by atoms with E-state index in [1.807, 2.05) is 24.3 Å². The second-order valence-electron chi connectivity index (χ2n) is 7.04. The molecule has 0 bridgehead atoms. The monoisotopic (exact) mass is 433 g/mol. The third kappa shape index (κ3) is 5.15. The van der Waals surface area contributed by atoms with E-state index in [9.17, 15) is 13.2 Å². The minimum Gasteiger partial charge on any atom is -0.497 e. The topological polar surface area (TPSA) is 79.4 Å². The fraction of sp³-hybridized carbons (Fsp3) is 0.381. The van der Waals surface area contributed by atoms with Crippen LogP contribution in [0.25, 0.3) is 0 Å². The summed E-state index contributed by atoms with van der Waals surface area (Å²) in [6.07, 6.45) is 1.10. The standard InChI is InChI=1S/C21H27N3O5S/c1-28-19-9-7-17(8-10-19)22-11-13-23(14-12-22)21(25)16-24(30(3,26)27)18-5-4-6-20(15-18)29-2/h4-10,15H,11-14,16H2,1-3H3. The van der Waals surface area contributed by atoms with Crippen LogP contribution < -0.4 is 18.7 Å². The Labute approximate surface area is 177 Å². The summed E-state index contributed by atoms with van der Waals surface area (Å²) in [7, 11) is -0.488. The minimum atomic E-state index is -3.63. The molecular formula is C21H27N3O5S. The van der Waals surface area contributed by atoms with Gasteiger partial charge in [0, 0.05) is 37.9 Å². The number of ether oxygens (including phenoxy) is 2. The van der Waals surface area contributed by atoms with Crippen molar-refractivity contribution >= 4 is 27.3 Å². The van der Waals surface area contributed by atoms with Crippen LogP contribution in [0.3, 0.4) is 0 Å². The number of amides is 1. The van der Waals surface area contributed by atoms with E-state index in [0.29, 0.717) is 37.6 Å². The third-order valence-electron chi connectivity index (χ3n) is 5.09. The highest BCUT2D eigenvalue weighted by molar-refractivity contribution is 7.92. The molecule has 0 aliphatic carbocycles. The molecule has 0 unspecified atom stereocenters. The Hall–Kier alpha value is -2.94. The Bertz CT molecular complexity index is 970. The Morgan fingerprint density at radius 1 is 0.967 bits per heavy atom. The molecular weight excluding hydrogens is 406 g/mol. The zero-order valence-corrected chi connectivity index (χ0v) is 18.3. The van der Waals surface area contributed by atoms with Crippen LogP contribution in [0.1, 0.15) is 0 Å². The maximum absolute atomic E-state index is 12.9. The zero-order chi connectivity index (χ0) is 21.7. The van der Waals surface area contributed by atoms with E-state index in [1.165, 1.54) is 7.11 Å². The fourth-order valence-electron chi connectivity index (χ4n) is 3.40. The average molecular weight is 434 g/mol. The van der Waals surface area contributed by atoms with Crippen LogP contribution in [0.4, 0.5) is 11.4 Å². The first-order valence-corrected chi connectivity index (χ1v) is 11.4. The van der Waals surface area contributed by atoms with Gasteiger partial charge in [-0.3, -0.25) is 9.10 Å². The highest BCUT2D eigenvalue weighted by Crippen LogP contribution is 2.24. The van der Waals surface area contributed by atoms with Gasteiger partial charge in [0.2, 0.25) is 15.9 Å². The van der Waals surface area contributed by atoms with Gasteiger partial charge in [0.05, 0.1) is 26.2 Å². The lowest BCUT2D eigenvalue weighted by atomic mass is 10.2. The van der Waals surface area contributed by atoms with Crippen LogP contribution >= 0.6 is 0 Å². The van der Waals surface area contributed by atoms with Crippen molar-refractivity contribution in [2.24, 2.45) is 0 Å². The van der Waals surface area contributed by atoms with Gasteiger partial charge >= 0.3 is 0 Å². The third-order valence-corrected chi connectivity index (χ3v) is 6.23. The molecule has 0 N–H and O–H groups in total. The summed E-state index contributed by atoms with van der Waals surface area (Å²) in [6.45, 7) is 2.17. The predicted octanol–water partition coefficient (Wildman–Crippen LogP) is 1.82. The molecule has 1 fully saturated rings. The molecule has 0 aromatic heterocycles. The second kappa shape index (κ2) is 9.25. The van der Waals surface area contributed by atoms with Gasteiger partial charge in [0.1, 0.15) is 18.0 Å². The number of methoxy groups -OCH3 is 2. The molecule has 9 heteroatoms. The first kappa shape index (κ1) is 21.8. The number of hydrogen-bond donors (Lipinski definition) is 0. The summed E-state index contributed by atoms with van der Waals surface area (Å²) in [5.74, 6) is 1.10. The van der Waals surface area contributed by atoms with Crippen molar-refractivity contribution in [2.75, 3.05) is 62.4 Å². The Morgan fingerprint density at radius 2 is 1.60 bits per heavy atom. The van der Waals surface area contributed by atoms with Crippen LogP contribution in [0, 0.1) is 0 Å². The Kier molecular flexibility index (Phi) is 6.71. The van der Waals surface area contributed by atoms with E-state index in [1.54, 1.807) is 36.3 Å². The molecule has 1 aliphatic heterocycles. The van der Waals surface area contributed by atoms with Crippen molar-refractivity contribution in [3.05, 3.63) is 48.5 Å². The van der Waals surface area contributed by atoms with Gasteiger partial charge in [-0.2, -0.15) is 0 Å². The van der Waals surface area contributed by atoms with Gasteiger partial charge in [-0.15, -0.1) is 0 Å². The fourth-order valence-corrected chi connectivity index (χ4v) is 4.24. The van der Waals surface area contributed by atoms with E-state index < -0.39 is 10.0 Å². The van der Waals surface area contributed by atoms with Crippen LogP contribution in [-0.4, -0.2) is 72.4 Å². The molecule has 2 aromatic rings. The lowest BCUT2D eigenvalue weighted by Gasteiger charge is -2.37. The second-order valence-corrected chi connectivity index (χ2v) is 8.94. The molecule has 0 spiro atoms. The molecule has 1 heterocycles. The molecule has 1 aliphatic rings. The number of hydrogen-bond acceptors (Lipinski definition) is 6. The molecule has 2 aromatic carbocycles.